The number of aryl methyl sites for hydroxylation is 1. The highest BCUT2D eigenvalue weighted by atomic mass is 32.2. The SMILES string of the molecule is COC(=O)c1sc(NC(=O)CSc2nnc(COc3ccccc3C)n2C)c(C(=O)OC)c1C. The number of carbonyl (C=O) groups excluding carboxylic acids is 3. The second-order valence-corrected chi connectivity index (χ2v) is 9.06. The van der Waals surface area contributed by atoms with Crippen LogP contribution in [0.25, 0.3) is 0 Å². The lowest BCUT2D eigenvalue weighted by atomic mass is 10.1. The predicted molar refractivity (Wildman–Crippen MR) is 128 cm³/mol. The van der Waals surface area contributed by atoms with Gasteiger partial charge >= 0.3 is 11.9 Å². The molecule has 0 radical (unpaired) electrons. The number of anilines is 1. The number of ether oxygens (including phenoxy) is 3. The van der Waals surface area contributed by atoms with Gasteiger partial charge in [0.15, 0.2) is 11.0 Å². The Kier molecular flexibility index (Phi) is 8.29. The Morgan fingerprint density at radius 1 is 1.09 bits per heavy atom. The average molecular weight is 505 g/mol. The van der Waals surface area contributed by atoms with E-state index in [2.05, 4.69) is 15.5 Å². The summed E-state index contributed by atoms with van der Waals surface area (Å²) in [4.78, 5) is 37.0. The van der Waals surface area contributed by atoms with Crippen molar-refractivity contribution in [3.05, 3.63) is 51.7 Å². The average Bonchev–Trinajstić information content (AvgIpc) is 3.34. The third kappa shape index (κ3) is 5.57. The first kappa shape index (κ1) is 25.2. The zero-order chi connectivity index (χ0) is 24.8. The molecule has 0 aliphatic heterocycles. The van der Waals surface area contributed by atoms with Crippen LogP contribution in [0.2, 0.25) is 0 Å². The van der Waals surface area contributed by atoms with E-state index in [0.29, 0.717) is 16.5 Å². The molecule has 3 aromatic rings. The van der Waals surface area contributed by atoms with E-state index in [1.54, 1.807) is 18.5 Å². The fourth-order valence-corrected chi connectivity index (χ4v) is 4.85. The van der Waals surface area contributed by atoms with Crippen molar-refractivity contribution in [2.75, 3.05) is 25.3 Å². The smallest absolute Gasteiger partial charge is 0.348 e. The van der Waals surface area contributed by atoms with Crippen LogP contribution in [0.5, 0.6) is 5.75 Å². The molecule has 3 rings (SSSR count). The van der Waals surface area contributed by atoms with Gasteiger partial charge in [-0.15, -0.1) is 21.5 Å². The minimum absolute atomic E-state index is 0.00966. The summed E-state index contributed by atoms with van der Waals surface area (Å²) in [6, 6.07) is 7.67. The van der Waals surface area contributed by atoms with Crippen LogP contribution in [0.3, 0.4) is 0 Å². The van der Waals surface area contributed by atoms with Gasteiger partial charge in [0.1, 0.15) is 22.2 Å². The monoisotopic (exact) mass is 504 g/mol. The highest BCUT2D eigenvalue weighted by Crippen LogP contribution is 2.34. The number of nitrogens with one attached hydrogen (secondary N) is 1. The van der Waals surface area contributed by atoms with Gasteiger partial charge in [-0.25, -0.2) is 9.59 Å². The largest absolute Gasteiger partial charge is 0.485 e. The van der Waals surface area contributed by atoms with Crippen LogP contribution < -0.4 is 10.1 Å². The highest BCUT2D eigenvalue weighted by molar-refractivity contribution is 7.99. The minimum Gasteiger partial charge on any atom is -0.485 e. The number of thiophene rings is 1. The van der Waals surface area contributed by atoms with Crippen molar-refractivity contribution < 1.29 is 28.6 Å². The van der Waals surface area contributed by atoms with Crippen LogP contribution in [0.4, 0.5) is 5.00 Å². The maximum Gasteiger partial charge on any atom is 0.348 e. The van der Waals surface area contributed by atoms with Gasteiger partial charge in [-0.3, -0.25) is 4.79 Å². The topological polar surface area (TPSA) is 122 Å². The van der Waals surface area contributed by atoms with Gasteiger partial charge in [0.2, 0.25) is 5.91 Å². The molecule has 2 heterocycles. The number of para-hydroxylation sites is 1. The summed E-state index contributed by atoms with van der Waals surface area (Å²) >= 11 is 2.14. The first-order valence-corrected chi connectivity index (χ1v) is 11.9. The zero-order valence-electron chi connectivity index (χ0n) is 19.3. The van der Waals surface area contributed by atoms with E-state index < -0.39 is 11.9 Å². The number of hydrogen-bond donors (Lipinski definition) is 1. The molecule has 0 atom stereocenters. The van der Waals surface area contributed by atoms with E-state index in [1.807, 2.05) is 31.2 Å². The maximum absolute atomic E-state index is 12.6. The standard InChI is InChI=1S/C22H24N4O6S2/c1-12-8-6-7-9-14(12)32-10-15-24-25-22(26(15)3)33-11-16(27)23-19-17(20(28)30-4)13(2)18(34-19)21(29)31-5/h6-9H,10-11H2,1-5H3,(H,23,27). The van der Waals surface area contributed by atoms with Gasteiger partial charge in [0, 0.05) is 7.05 Å². The third-order valence-electron chi connectivity index (χ3n) is 4.87. The van der Waals surface area contributed by atoms with Crippen molar-refractivity contribution in [1.82, 2.24) is 14.8 Å². The first-order valence-electron chi connectivity index (χ1n) is 10.1. The van der Waals surface area contributed by atoms with Gasteiger partial charge in [-0.05, 0) is 31.0 Å². The second kappa shape index (κ2) is 11.2. The van der Waals surface area contributed by atoms with Crippen LogP contribution in [-0.4, -0.2) is 52.6 Å². The third-order valence-corrected chi connectivity index (χ3v) is 7.08. The molecule has 0 bridgehead atoms. The van der Waals surface area contributed by atoms with Crippen molar-refractivity contribution in [1.29, 1.82) is 0 Å². The van der Waals surface area contributed by atoms with Gasteiger partial charge in [0.25, 0.3) is 0 Å². The normalized spacial score (nSPS) is 10.6. The number of hydrogen-bond acceptors (Lipinski definition) is 10. The molecular formula is C22H24N4O6S2. The van der Waals surface area contributed by atoms with E-state index in [0.717, 1.165) is 22.6 Å². The predicted octanol–water partition coefficient (Wildman–Crippen LogP) is 3.38. The summed E-state index contributed by atoms with van der Waals surface area (Å²) in [6.45, 7) is 3.79. The Bertz CT molecular complexity index is 1220. The molecule has 0 aliphatic rings. The first-order chi connectivity index (χ1) is 16.3. The summed E-state index contributed by atoms with van der Waals surface area (Å²) in [5, 5.41) is 11.7. The Morgan fingerprint density at radius 2 is 1.79 bits per heavy atom. The van der Waals surface area contributed by atoms with E-state index in [9.17, 15) is 14.4 Å². The van der Waals surface area contributed by atoms with Crippen LogP contribution in [0.1, 0.15) is 37.0 Å². The lowest BCUT2D eigenvalue weighted by Gasteiger charge is -2.09. The fraction of sp³-hybridized carbons (Fsp3) is 0.318. The molecule has 1 aromatic carbocycles. The summed E-state index contributed by atoms with van der Waals surface area (Å²) < 4.78 is 17.1. The minimum atomic E-state index is -0.654. The Labute approximate surface area is 204 Å². The molecule has 0 fully saturated rings. The summed E-state index contributed by atoms with van der Waals surface area (Å²) in [6.07, 6.45) is 0. The van der Waals surface area contributed by atoms with Crippen LogP contribution >= 0.6 is 23.1 Å². The Balaban J connectivity index is 1.65. The van der Waals surface area contributed by atoms with Crippen molar-refractivity contribution in [3.63, 3.8) is 0 Å². The number of rotatable bonds is 9. The quantitative estimate of drug-likeness (QED) is 0.345. The van der Waals surface area contributed by atoms with E-state index in [4.69, 9.17) is 14.2 Å². The van der Waals surface area contributed by atoms with Crippen LogP contribution in [-0.2, 0) is 27.9 Å². The Hall–Kier alpha value is -3.38. The number of aromatic nitrogens is 3. The van der Waals surface area contributed by atoms with Crippen LogP contribution in [0, 0.1) is 13.8 Å². The molecule has 0 unspecified atom stereocenters. The van der Waals surface area contributed by atoms with Gasteiger partial charge in [-0.2, -0.15) is 0 Å². The number of methoxy groups -OCH3 is 2. The number of thioether (sulfide) groups is 1. The highest BCUT2D eigenvalue weighted by Gasteiger charge is 2.27. The van der Waals surface area contributed by atoms with Gasteiger partial charge < -0.3 is 24.1 Å². The lowest BCUT2D eigenvalue weighted by Crippen LogP contribution is -2.16. The number of esters is 2. The molecular weight excluding hydrogens is 480 g/mol. The van der Waals surface area contributed by atoms with Gasteiger partial charge in [-0.1, -0.05) is 30.0 Å². The molecule has 10 nitrogen and oxygen atoms in total. The van der Waals surface area contributed by atoms with Crippen molar-refractivity contribution >= 4 is 45.9 Å². The zero-order valence-corrected chi connectivity index (χ0v) is 21.0. The molecule has 2 aromatic heterocycles. The van der Waals surface area contributed by atoms with Crippen molar-refractivity contribution in [2.24, 2.45) is 7.05 Å². The molecule has 1 amide bonds. The van der Waals surface area contributed by atoms with E-state index >= 15 is 0 Å². The molecule has 0 aliphatic carbocycles. The lowest BCUT2D eigenvalue weighted by molar-refractivity contribution is -0.113. The molecule has 180 valence electrons. The summed E-state index contributed by atoms with van der Waals surface area (Å²) in [5.74, 6) is -0.252. The fourth-order valence-electron chi connectivity index (χ4n) is 2.99. The van der Waals surface area contributed by atoms with E-state index in [1.165, 1.54) is 26.0 Å². The molecule has 0 saturated heterocycles. The number of nitrogens with zero attached hydrogens (tertiary/aromatic N) is 3. The van der Waals surface area contributed by atoms with Crippen molar-refractivity contribution in [2.45, 2.75) is 25.6 Å². The number of amides is 1. The molecule has 0 saturated carbocycles. The van der Waals surface area contributed by atoms with Crippen molar-refractivity contribution in [3.8, 4) is 5.75 Å². The molecule has 0 spiro atoms. The molecule has 12 heteroatoms. The maximum atomic E-state index is 12.6. The summed E-state index contributed by atoms with van der Waals surface area (Å²) in [7, 11) is 4.26. The second-order valence-electron chi connectivity index (χ2n) is 7.09. The summed E-state index contributed by atoms with van der Waals surface area (Å²) in [5.41, 5.74) is 1.53. The molecule has 34 heavy (non-hydrogen) atoms. The number of benzene rings is 1. The van der Waals surface area contributed by atoms with Crippen LogP contribution in [0.15, 0.2) is 29.4 Å². The van der Waals surface area contributed by atoms with Gasteiger partial charge in [0.05, 0.1) is 25.5 Å². The molecule has 1 N–H and O–H groups in total. The van der Waals surface area contributed by atoms with E-state index in [-0.39, 0.29) is 33.7 Å². The number of carbonyl (C=O) groups is 3. The Morgan fingerprint density at radius 3 is 2.47 bits per heavy atom.